The van der Waals surface area contributed by atoms with E-state index in [9.17, 15) is 12.8 Å². The Morgan fingerprint density at radius 3 is 2.53 bits per heavy atom. The highest BCUT2D eigenvalue weighted by molar-refractivity contribution is 7.90. The number of benzene rings is 1. The molecule has 0 amide bonds. The van der Waals surface area contributed by atoms with Crippen molar-refractivity contribution < 1.29 is 22.1 Å². The summed E-state index contributed by atoms with van der Waals surface area (Å²) in [6, 6.07) is 4.49. The van der Waals surface area contributed by atoms with Crippen LogP contribution in [0.3, 0.4) is 0 Å². The summed E-state index contributed by atoms with van der Waals surface area (Å²) in [5.74, 6) is 1.92. The molecule has 36 heavy (non-hydrogen) atoms. The number of fused-ring (bicyclic) bond motifs is 1. The molecule has 0 atom stereocenters. The predicted octanol–water partition coefficient (Wildman–Crippen LogP) is 3.58. The number of aryl methyl sites for hydroxylation is 1. The van der Waals surface area contributed by atoms with E-state index >= 15 is 0 Å². The molecular weight excluding hydrogens is 487 g/mol. The zero-order valence-electron chi connectivity index (χ0n) is 20.7. The highest BCUT2D eigenvalue weighted by atomic mass is 32.2. The first kappa shape index (κ1) is 24.4. The first-order valence-corrected chi connectivity index (χ1v) is 13.9. The van der Waals surface area contributed by atoms with Crippen LogP contribution in [0, 0.1) is 12.7 Å². The molecule has 0 unspecified atom stereocenters. The van der Waals surface area contributed by atoms with Gasteiger partial charge >= 0.3 is 6.01 Å². The van der Waals surface area contributed by atoms with Gasteiger partial charge in [0.1, 0.15) is 23.6 Å². The van der Waals surface area contributed by atoms with Crippen LogP contribution in [0.5, 0.6) is 5.88 Å². The molecule has 1 saturated heterocycles. The molecule has 4 heterocycles. The van der Waals surface area contributed by atoms with E-state index in [1.807, 2.05) is 13.8 Å². The zero-order valence-corrected chi connectivity index (χ0v) is 21.5. The van der Waals surface area contributed by atoms with Crippen molar-refractivity contribution in [2.75, 3.05) is 35.7 Å². The van der Waals surface area contributed by atoms with Gasteiger partial charge in [-0.2, -0.15) is 9.97 Å². The molecule has 0 bridgehead atoms. The lowest BCUT2D eigenvalue weighted by molar-refractivity contribution is 0.160. The number of ether oxygens (including phenoxy) is 1. The zero-order chi connectivity index (χ0) is 25.6. The summed E-state index contributed by atoms with van der Waals surface area (Å²) in [6.45, 7) is 7.76. The van der Waals surface area contributed by atoms with Crippen molar-refractivity contribution in [1.82, 2.24) is 20.1 Å². The summed E-state index contributed by atoms with van der Waals surface area (Å²) in [4.78, 5) is 17.4. The van der Waals surface area contributed by atoms with Crippen molar-refractivity contribution in [3.8, 4) is 5.88 Å². The minimum absolute atomic E-state index is 0.0352. The lowest BCUT2D eigenvalue weighted by Crippen LogP contribution is -2.38. The molecule has 10 nitrogen and oxygen atoms in total. The number of anilines is 3. The van der Waals surface area contributed by atoms with Gasteiger partial charge in [-0.25, -0.2) is 17.8 Å². The number of hydrogen-bond donors (Lipinski definition) is 0. The Hall–Kier alpha value is -3.28. The molecule has 0 spiro atoms. The van der Waals surface area contributed by atoms with E-state index in [0.717, 1.165) is 43.8 Å². The smallest absolute Gasteiger partial charge is 0.324 e. The van der Waals surface area contributed by atoms with Crippen molar-refractivity contribution in [3.63, 3.8) is 0 Å². The fourth-order valence-corrected chi connectivity index (χ4v) is 5.14. The van der Waals surface area contributed by atoms with Crippen LogP contribution in [0.4, 0.5) is 21.9 Å². The van der Waals surface area contributed by atoms with Crippen molar-refractivity contribution >= 4 is 27.4 Å². The van der Waals surface area contributed by atoms with Crippen LogP contribution in [0.2, 0.25) is 0 Å². The number of halogens is 1. The lowest BCUT2D eigenvalue weighted by atomic mass is 10.1. The van der Waals surface area contributed by atoms with Gasteiger partial charge in [-0.05, 0) is 31.5 Å². The Morgan fingerprint density at radius 1 is 1.14 bits per heavy atom. The maximum Gasteiger partial charge on any atom is 0.324 e. The van der Waals surface area contributed by atoms with Crippen LogP contribution in [-0.2, 0) is 16.3 Å². The molecule has 5 rings (SSSR count). The second kappa shape index (κ2) is 9.30. The van der Waals surface area contributed by atoms with Crippen molar-refractivity contribution in [1.29, 1.82) is 0 Å². The first-order valence-electron chi connectivity index (χ1n) is 12.0. The van der Waals surface area contributed by atoms with Crippen LogP contribution in [-0.4, -0.2) is 60.5 Å². The number of sulfone groups is 1. The number of hydrogen-bond acceptors (Lipinski definition) is 10. The molecule has 0 radical (unpaired) electrons. The molecular formula is C24H29FN6O4S. The predicted molar refractivity (Wildman–Crippen MR) is 131 cm³/mol. The average molecular weight is 517 g/mol. The Morgan fingerprint density at radius 2 is 1.89 bits per heavy atom. The quantitative estimate of drug-likeness (QED) is 0.481. The standard InChI is InChI=1S/C24H29FN6O4S/c1-14(2)21-28-24(35-29-21)30-10-7-16(8-11-30)34-23-18-9-12-31(22(18)26-15(3)27-23)20-6-5-17(13-19(20)25)36(4,32)33/h5-6,13-14,16H,7-12H2,1-4H3. The maximum absolute atomic E-state index is 14.9. The van der Waals surface area contributed by atoms with Crippen molar-refractivity contribution in [3.05, 3.63) is 41.2 Å². The fourth-order valence-electron chi connectivity index (χ4n) is 4.51. The maximum atomic E-state index is 14.9. The molecule has 0 N–H and O–H groups in total. The molecule has 192 valence electrons. The van der Waals surface area contributed by atoms with Gasteiger partial charge in [0, 0.05) is 44.6 Å². The van der Waals surface area contributed by atoms with Gasteiger partial charge in [-0.3, -0.25) is 0 Å². The van der Waals surface area contributed by atoms with Crippen molar-refractivity contribution in [2.45, 2.75) is 57.0 Å². The van der Waals surface area contributed by atoms with E-state index in [0.29, 0.717) is 42.3 Å². The number of aromatic nitrogens is 4. The largest absolute Gasteiger partial charge is 0.474 e. The second-order valence-electron chi connectivity index (χ2n) is 9.56. The molecule has 2 aliphatic rings. The van der Waals surface area contributed by atoms with E-state index < -0.39 is 15.7 Å². The van der Waals surface area contributed by atoms with E-state index in [4.69, 9.17) is 9.26 Å². The van der Waals surface area contributed by atoms with Crippen LogP contribution in [0.15, 0.2) is 27.6 Å². The number of rotatable bonds is 6. The normalized spacial score (nSPS) is 16.6. The third-order valence-electron chi connectivity index (χ3n) is 6.48. The highest BCUT2D eigenvalue weighted by Gasteiger charge is 2.31. The fraction of sp³-hybridized carbons (Fsp3) is 0.500. The minimum Gasteiger partial charge on any atom is -0.474 e. The van der Waals surface area contributed by atoms with E-state index in [1.54, 1.807) is 11.8 Å². The first-order chi connectivity index (χ1) is 17.1. The van der Waals surface area contributed by atoms with Gasteiger partial charge in [0.2, 0.25) is 5.88 Å². The summed E-state index contributed by atoms with van der Waals surface area (Å²) in [5, 5.41) is 4.04. The van der Waals surface area contributed by atoms with Gasteiger partial charge in [0.25, 0.3) is 0 Å². The van der Waals surface area contributed by atoms with Crippen LogP contribution in [0.1, 0.15) is 49.8 Å². The molecule has 3 aromatic rings. The van der Waals surface area contributed by atoms with Crippen molar-refractivity contribution in [2.24, 2.45) is 0 Å². The van der Waals surface area contributed by atoms with Crippen LogP contribution in [0.25, 0.3) is 0 Å². The monoisotopic (exact) mass is 516 g/mol. The Balaban J connectivity index is 1.32. The van der Waals surface area contributed by atoms with Crippen LogP contribution < -0.4 is 14.5 Å². The van der Waals surface area contributed by atoms with E-state index in [-0.39, 0.29) is 22.6 Å². The van der Waals surface area contributed by atoms with Gasteiger partial charge in [0.05, 0.1) is 16.1 Å². The molecule has 12 heteroatoms. The molecule has 1 aromatic carbocycles. The van der Waals surface area contributed by atoms with Gasteiger partial charge in [0.15, 0.2) is 15.7 Å². The van der Waals surface area contributed by atoms with Gasteiger partial charge < -0.3 is 19.1 Å². The SMILES string of the molecule is Cc1nc(OC2CCN(c3nc(C(C)C)no3)CC2)c2c(n1)N(c1ccc(S(C)(=O)=O)cc1F)CC2. The number of piperidine rings is 1. The van der Waals surface area contributed by atoms with Gasteiger partial charge in [-0.1, -0.05) is 19.0 Å². The number of nitrogens with zero attached hydrogens (tertiary/aromatic N) is 6. The topological polar surface area (TPSA) is 115 Å². The van der Waals surface area contributed by atoms with Crippen LogP contribution >= 0.6 is 0 Å². The summed E-state index contributed by atoms with van der Waals surface area (Å²) in [7, 11) is -3.50. The van der Waals surface area contributed by atoms with E-state index in [1.165, 1.54) is 12.1 Å². The summed E-state index contributed by atoms with van der Waals surface area (Å²) < 4.78 is 50.3. The summed E-state index contributed by atoms with van der Waals surface area (Å²) >= 11 is 0. The Labute approximate surface area is 209 Å². The minimum atomic E-state index is -3.50. The molecule has 1 fully saturated rings. The molecule has 2 aromatic heterocycles. The highest BCUT2D eigenvalue weighted by Crippen LogP contribution is 2.39. The average Bonchev–Trinajstić information content (AvgIpc) is 3.47. The summed E-state index contributed by atoms with van der Waals surface area (Å²) in [6.07, 6.45) is 3.15. The third-order valence-corrected chi connectivity index (χ3v) is 7.59. The Kier molecular flexibility index (Phi) is 6.31. The molecule has 2 aliphatic heterocycles. The molecule has 0 saturated carbocycles. The lowest BCUT2D eigenvalue weighted by Gasteiger charge is -2.30. The van der Waals surface area contributed by atoms with Gasteiger partial charge in [-0.15, -0.1) is 0 Å². The second-order valence-corrected chi connectivity index (χ2v) is 11.6. The Bertz CT molecular complexity index is 1390. The third kappa shape index (κ3) is 4.73. The molecule has 0 aliphatic carbocycles. The summed E-state index contributed by atoms with van der Waals surface area (Å²) in [5.41, 5.74) is 1.10. The van der Waals surface area contributed by atoms with E-state index in [2.05, 4.69) is 25.0 Å².